The number of hydrogen-bond donors (Lipinski definition) is 3. The van der Waals surface area contributed by atoms with E-state index in [0.29, 0.717) is 23.6 Å². The maximum absolute atomic E-state index is 11.5. The molecule has 1 unspecified atom stereocenters. The fourth-order valence-corrected chi connectivity index (χ4v) is 2.48. The summed E-state index contributed by atoms with van der Waals surface area (Å²) in [6.45, 7) is 2.45. The molecule has 1 heterocycles. The number of nitrogens with zero attached hydrogens (tertiary/aromatic N) is 2. The number of carboxylic acids is 2. The smallest absolute Gasteiger partial charge is 0.328 e. The van der Waals surface area contributed by atoms with Crippen LogP contribution in [0.1, 0.15) is 6.92 Å². The molecule has 10 heteroatoms. The Kier molecular flexibility index (Phi) is 6.83. The summed E-state index contributed by atoms with van der Waals surface area (Å²) in [6.07, 6.45) is 4.02. The van der Waals surface area contributed by atoms with Crippen molar-refractivity contribution in [3.05, 3.63) is 36.5 Å². The van der Waals surface area contributed by atoms with E-state index in [2.05, 4.69) is 5.10 Å². The molecule has 1 aromatic carbocycles. The molecule has 0 fully saturated rings. The number of nitrogens with two attached hydrogens (primary N) is 1. The van der Waals surface area contributed by atoms with Crippen LogP contribution in [-0.4, -0.2) is 52.6 Å². The summed E-state index contributed by atoms with van der Waals surface area (Å²) >= 11 is 0. The van der Waals surface area contributed by atoms with Crippen molar-refractivity contribution in [1.29, 1.82) is 0 Å². The van der Waals surface area contributed by atoms with Gasteiger partial charge in [-0.25, -0.2) is 18.0 Å². The van der Waals surface area contributed by atoms with Crippen molar-refractivity contribution in [2.75, 3.05) is 6.26 Å². The highest BCUT2D eigenvalue weighted by atomic mass is 32.2. The molecule has 0 bridgehead atoms. The predicted octanol–water partition coefficient (Wildman–Crippen LogP) is 0.499. The predicted molar refractivity (Wildman–Crippen MR) is 90.9 cm³/mol. The maximum atomic E-state index is 11.5. The van der Waals surface area contributed by atoms with Gasteiger partial charge in [-0.1, -0.05) is 0 Å². The van der Waals surface area contributed by atoms with Gasteiger partial charge in [-0.3, -0.25) is 4.68 Å². The second-order valence-electron chi connectivity index (χ2n) is 5.31. The highest BCUT2D eigenvalue weighted by Crippen LogP contribution is 2.19. The van der Waals surface area contributed by atoms with E-state index in [1.165, 1.54) is 6.26 Å². The molecule has 0 amide bonds. The fraction of sp³-hybridized carbons (Fsp3) is 0.267. The average Bonchev–Trinajstić information content (AvgIpc) is 2.87. The minimum Gasteiger partial charge on any atom is -0.478 e. The van der Waals surface area contributed by atoms with Gasteiger partial charge in [0.2, 0.25) is 0 Å². The first-order valence-electron chi connectivity index (χ1n) is 7.06. The molecule has 0 saturated carbocycles. The Hall–Kier alpha value is -2.72. The number of aromatic nitrogens is 2. The van der Waals surface area contributed by atoms with Crippen LogP contribution >= 0.6 is 0 Å². The number of rotatable bonds is 5. The molecule has 0 aliphatic rings. The van der Waals surface area contributed by atoms with Crippen molar-refractivity contribution in [2.45, 2.75) is 24.4 Å². The van der Waals surface area contributed by atoms with E-state index in [9.17, 15) is 18.0 Å². The van der Waals surface area contributed by atoms with E-state index in [0.717, 1.165) is 10.9 Å². The minimum absolute atomic E-state index is 0.0278. The topological polar surface area (TPSA) is 153 Å². The molecule has 0 saturated heterocycles. The Bertz CT molecular complexity index is 883. The van der Waals surface area contributed by atoms with Crippen LogP contribution in [0.4, 0.5) is 0 Å². The molecule has 1 aromatic heterocycles. The second-order valence-corrected chi connectivity index (χ2v) is 7.32. The summed E-state index contributed by atoms with van der Waals surface area (Å²) in [4.78, 5) is 19.4. The molecule has 9 nitrogen and oxygen atoms in total. The molecule has 4 N–H and O–H groups in total. The fourth-order valence-electron chi connectivity index (χ4n) is 1.84. The third-order valence-corrected chi connectivity index (χ3v) is 3.98. The van der Waals surface area contributed by atoms with Gasteiger partial charge in [0.15, 0.2) is 9.84 Å². The largest absolute Gasteiger partial charge is 0.478 e. The lowest BCUT2D eigenvalue weighted by atomic mass is 10.2. The number of aliphatic carboxylic acids is 2. The first-order chi connectivity index (χ1) is 11.5. The van der Waals surface area contributed by atoms with E-state index in [4.69, 9.17) is 15.9 Å². The van der Waals surface area contributed by atoms with Crippen molar-refractivity contribution in [2.24, 2.45) is 5.73 Å². The number of hydrogen-bond acceptors (Lipinski definition) is 6. The molecule has 0 aliphatic heterocycles. The standard InChI is InChI=1S/C11H15N3O2S.C4H4O4/c1-8(12)7-14-11-5-10(17(2,15)16)4-3-9(11)6-13-14;5-3(6)1-2-4(7)8/h3-6,8H,7,12H2,1-2H3;1-2H,(H,5,6)(H,7,8)/b;2-1+. The summed E-state index contributed by atoms with van der Waals surface area (Å²) in [7, 11) is -3.19. The lowest BCUT2D eigenvalue weighted by Gasteiger charge is -2.07. The number of sulfone groups is 1. The second kappa shape index (κ2) is 8.40. The highest BCUT2D eigenvalue weighted by Gasteiger charge is 2.11. The van der Waals surface area contributed by atoms with Gasteiger partial charge in [0.25, 0.3) is 0 Å². The first-order valence-corrected chi connectivity index (χ1v) is 8.95. The number of fused-ring (bicyclic) bond motifs is 1. The number of carbonyl (C=O) groups is 2. The van der Waals surface area contributed by atoms with Gasteiger partial charge in [-0.05, 0) is 25.1 Å². The molecule has 136 valence electrons. The van der Waals surface area contributed by atoms with Gasteiger partial charge in [0.05, 0.1) is 23.2 Å². The highest BCUT2D eigenvalue weighted by molar-refractivity contribution is 7.90. The van der Waals surface area contributed by atoms with E-state index in [1.54, 1.807) is 29.1 Å². The molecule has 2 rings (SSSR count). The first kappa shape index (κ1) is 20.3. The van der Waals surface area contributed by atoms with Gasteiger partial charge in [0, 0.05) is 29.8 Å². The van der Waals surface area contributed by atoms with Gasteiger partial charge in [0.1, 0.15) is 0 Å². The van der Waals surface area contributed by atoms with Crippen LogP contribution < -0.4 is 5.73 Å². The zero-order valence-electron chi connectivity index (χ0n) is 13.7. The Morgan fingerprint density at radius 3 is 2.28 bits per heavy atom. The van der Waals surface area contributed by atoms with Crippen molar-refractivity contribution in [3.8, 4) is 0 Å². The molecule has 2 aromatic rings. The number of carboxylic acid groups (broad SMARTS) is 2. The van der Waals surface area contributed by atoms with E-state index >= 15 is 0 Å². The van der Waals surface area contributed by atoms with Crippen molar-refractivity contribution in [3.63, 3.8) is 0 Å². The SMILES string of the molecule is CC(N)Cn1ncc2ccc(S(C)(=O)=O)cc21.O=C(O)/C=C/C(=O)O. The normalized spacial score (nSPS) is 12.6. The van der Waals surface area contributed by atoms with Crippen LogP contribution in [0.5, 0.6) is 0 Å². The van der Waals surface area contributed by atoms with Gasteiger partial charge in [-0.15, -0.1) is 0 Å². The van der Waals surface area contributed by atoms with Gasteiger partial charge in [-0.2, -0.15) is 5.10 Å². The third kappa shape index (κ3) is 6.73. The Morgan fingerprint density at radius 1 is 1.28 bits per heavy atom. The summed E-state index contributed by atoms with van der Waals surface area (Å²) in [6, 6.07) is 4.96. The van der Waals surface area contributed by atoms with Crippen LogP contribution in [0.25, 0.3) is 10.9 Å². The third-order valence-electron chi connectivity index (χ3n) is 2.87. The molecular weight excluding hydrogens is 350 g/mol. The average molecular weight is 369 g/mol. The zero-order chi connectivity index (χ0) is 19.2. The van der Waals surface area contributed by atoms with Crippen LogP contribution in [0.2, 0.25) is 0 Å². The summed E-state index contributed by atoms with van der Waals surface area (Å²) < 4.78 is 24.7. The molecule has 0 spiro atoms. The molecule has 0 radical (unpaired) electrons. The molecule has 0 aliphatic carbocycles. The van der Waals surface area contributed by atoms with Crippen molar-refractivity contribution < 1.29 is 28.2 Å². The van der Waals surface area contributed by atoms with Crippen LogP contribution in [-0.2, 0) is 26.0 Å². The maximum Gasteiger partial charge on any atom is 0.328 e. The zero-order valence-corrected chi connectivity index (χ0v) is 14.5. The van der Waals surface area contributed by atoms with Gasteiger partial charge < -0.3 is 15.9 Å². The van der Waals surface area contributed by atoms with E-state index in [-0.39, 0.29) is 6.04 Å². The monoisotopic (exact) mass is 369 g/mol. The molecule has 25 heavy (non-hydrogen) atoms. The minimum atomic E-state index is -3.19. The quantitative estimate of drug-likeness (QED) is 0.644. The van der Waals surface area contributed by atoms with Crippen LogP contribution in [0, 0.1) is 0 Å². The summed E-state index contributed by atoms with van der Waals surface area (Å²) in [5, 5.41) is 20.7. The van der Waals surface area contributed by atoms with Crippen LogP contribution in [0.15, 0.2) is 41.4 Å². The van der Waals surface area contributed by atoms with Gasteiger partial charge >= 0.3 is 11.9 Å². The lowest BCUT2D eigenvalue weighted by Crippen LogP contribution is -2.22. The summed E-state index contributed by atoms with van der Waals surface area (Å²) in [5.41, 5.74) is 6.52. The summed E-state index contributed by atoms with van der Waals surface area (Å²) in [5.74, 6) is -2.51. The lowest BCUT2D eigenvalue weighted by molar-refractivity contribution is -0.134. The van der Waals surface area contributed by atoms with Crippen molar-refractivity contribution in [1.82, 2.24) is 9.78 Å². The Balaban J connectivity index is 0.000000333. The molecule has 1 atom stereocenters. The number of benzene rings is 1. The Morgan fingerprint density at radius 2 is 1.84 bits per heavy atom. The van der Waals surface area contributed by atoms with E-state index in [1.807, 2.05) is 6.92 Å². The van der Waals surface area contributed by atoms with E-state index < -0.39 is 21.8 Å². The Labute approximate surface area is 144 Å². The molecular formula is C15H19N3O6S. The van der Waals surface area contributed by atoms with Crippen LogP contribution in [0.3, 0.4) is 0 Å². The van der Waals surface area contributed by atoms with Crippen molar-refractivity contribution >= 4 is 32.7 Å².